The van der Waals surface area contributed by atoms with E-state index in [0.29, 0.717) is 6.54 Å². The molecule has 0 radical (unpaired) electrons. The van der Waals surface area contributed by atoms with Crippen LogP contribution in [0.4, 0.5) is 0 Å². The van der Waals surface area contributed by atoms with Crippen LogP contribution in [-0.2, 0) is 17.9 Å². The van der Waals surface area contributed by atoms with Gasteiger partial charge in [-0.15, -0.1) is 10.2 Å². The molecule has 0 saturated heterocycles. The quantitative estimate of drug-likeness (QED) is 0.392. The lowest BCUT2D eigenvalue weighted by Crippen LogP contribution is -2.25. The standard InChI is InChI=1S/C25H28N6OS/c1-5-30-24(20-11-9-10-17(2)14-20)27-28-25(30)33-16-23(32)26-15-22-18(3)29-31(19(22)4)21-12-7-6-8-13-21/h6-14H,5,15-16H2,1-4H3,(H,26,32). The molecule has 0 unspecified atom stereocenters. The summed E-state index contributed by atoms with van der Waals surface area (Å²) < 4.78 is 3.97. The predicted molar refractivity (Wildman–Crippen MR) is 131 cm³/mol. The Kier molecular flexibility index (Phi) is 6.93. The molecule has 0 aliphatic carbocycles. The molecule has 2 aromatic heterocycles. The van der Waals surface area contributed by atoms with Gasteiger partial charge in [-0.05, 0) is 45.9 Å². The van der Waals surface area contributed by atoms with Crippen LogP contribution in [0.25, 0.3) is 17.1 Å². The number of rotatable bonds is 8. The smallest absolute Gasteiger partial charge is 0.230 e. The van der Waals surface area contributed by atoms with Crippen LogP contribution in [0.15, 0.2) is 59.8 Å². The van der Waals surface area contributed by atoms with Crippen LogP contribution in [0, 0.1) is 20.8 Å². The summed E-state index contributed by atoms with van der Waals surface area (Å²) in [6.07, 6.45) is 0. The summed E-state index contributed by atoms with van der Waals surface area (Å²) in [5.74, 6) is 1.05. The van der Waals surface area contributed by atoms with Crippen molar-refractivity contribution in [2.45, 2.75) is 45.9 Å². The Morgan fingerprint density at radius 2 is 1.82 bits per heavy atom. The maximum absolute atomic E-state index is 12.6. The Bertz CT molecular complexity index is 1260. The molecule has 33 heavy (non-hydrogen) atoms. The van der Waals surface area contributed by atoms with E-state index in [4.69, 9.17) is 0 Å². The van der Waals surface area contributed by atoms with Crippen LogP contribution in [0.3, 0.4) is 0 Å². The summed E-state index contributed by atoms with van der Waals surface area (Å²) in [6.45, 7) is 9.29. The molecule has 0 fully saturated rings. The SMILES string of the molecule is CCn1c(SCC(=O)NCc2c(C)nn(-c3ccccc3)c2C)nnc1-c1cccc(C)c1. The second-order valence-corrected chi connectivity index (χ2v) is 8.82. The third-order valence-electron chi connectivity index (χ3n) is 5.55. The highest BCUT2D eigenvalue weighted by Crippen LogP contribution is 2.24. The van der Waals surface area contributed by atoms with Crippen molar-refractivity contribution in [3.63, 3.8) is 0 Å². The highest BCUT2D eigenvalue weighted by Gasteiger charge is 2.16. The maximum Gasteiger partial charge on any atom is 0.230 e. The minimum atomic E-state index is -0.0472. The predicted octanol–water partition coefficient (Wildman–Crippen LogP) is 4.48. The molecule has 7 nitrogen and oxygen atoms in total. The fourth-order valence-electron chi connectivity index (χ4n) is 3.80. The number of hydrogen-bond donors (Lipinski definition) is 1. The zero-order chi connectivity index (χ0) is 23.4. The van der Waals surface area contributed by atoms with Gasteiger partial charge in [-0.25, -0.2) is 4.68 Å². The van der Waals surface area contributed by atoms with E-state index < -0.39 is 0 Å². The average Bonchev–Trinajstić information content (AvgIpc) is 3.36. The first-order valence-corrected chi connectivity index (χ1v) is 12.0. The normalized spacial score (nSPS) is 11.0. The number of benzene rings is 2. The molecule has 0 atom stereocenters. The molecule has 4 aromatic rings. The molecule has 170 valence electrons. The number of hydrogen-bond acceptors (Lipinski definition) is 5. The van der Waals surface area contributed by atoms with Gasteiger partial charge in [0.1, 0.15) is 0 Å². The van der Waals surface area contributed by atoms with E-state index in [1.807, 2.05) is 65.6 Å². The van der Waals surface area contributed by atoms with E-state index in [1.165, 1.54) is 17.3 Å². The number of para-hydroxylation sites is 1. The molecule has 8 heteroatoms. The van der Waals surface area contributed by atoms with Crippen LogP contribution in [-0.4, -0.2) is 36.2 Å². The van der Waals surface area contributed by atoms with Gasteiger partial charge in [0.05, 0.1) is 17.1 Å². The van der Waals surface area contributed by atoms with Gasteiger partial charge in [0, 0.05) is 29.9 Å². The van der Waals surface area contributed by atoms with Crippen LogP contribution >= 0.6 is 11.8 Å². The Labute approximate surface area is 198 Å². The van der Waals surface area contributed by atoms with Crippen LogP contribution in [0.1, 0.15) is 29.4 Å². The van der Waals surface area contributed by atoms with Crippen molar-refractivity contribution < 1.29 is 4.79 Å². The van der Waals surface area contributed by atoms with Crippen molar-refractivity contribution in [3.8, 4) is 17.1 Å². The zero-order valence-corrected chi connectivity index (χ0v) is 20.2. The second kappa shape index (κ2) is 10.0. The second-order valence-electron chi connectivity index (χ2n) is 7.88. The van der Waals surface area contributed by atoms with E-state index >= 15 is 0 Å². The van der Waals surface area contributed by atoms with E-state index in [1.54, 1.807) is 0 Å². The van der Waals surface area contributed by atoms with Gasteiger partial charge in [0.25, 0.3) is 0 Å². The molecular weight excluding hydrogens is 432 g/mol. The van der Waals surface area contributed by atoms with Crippen molar-refractivity contribution in [1.82, 2.24) is 29.9 Å². The molecule has 0 bridgehead atoms. The van der Waals surface area contributed by atoms with E-state index in [9.17, 15) is 4.79 Å². The van der Waals surface area contributed by atoms with Crippen LogP contribution in [0.5, 0.6) is 0 Å². The third-order valence-corrected chi connectivity index (χ3v) is 6.51. The number of carbonyl (C=O) groups excluding carboxylic acids is 1. The van der Waals surface area contributed by atoms with Gasteiger partial charge in [-0.2, -0.15) is 5.10 Å². The molecule has 0 saturated carbocycles. The van der Waals surface area contributed by atoms with Gasteiger partial charge in [-0.1, -0.05) is 53.7 Å². The molecule has 0 aliphatic rings. The van der Waals surface area contributed by atoms with Crippen LogP contribution in [0.2, 0.25) is 0 Å². The topological polar surface area (TPSA) is 77.6 Å². The first-order valence-electron chi connectivity index (χ1n) is 11.0. The highest BCUT2D eigenvalue weighted by molar-refractivity contribution is 7.99. The Morgan fingerprint density at radius 3 is 2.55 bits per heavy atom. The van der Waals surface area contributed by atoms with Crippen molar-refractivity contribution in [2.24, 2.45) is 0 Å². The summed E-state index contributed by atoms with van der Waals surface area (Å²) in [5.41, 5.74) is 6.19. The summed E-state index contributed by atoms with van der Waals surface area (Å²) in [5, 5.41) is 17.1. The molecule has 0 aliphatic heterocycles. The molecular formula is C25H28N6OS. The summed E-state index contributed by atoms with van der Waals surface area (Å²) in [4.78, 5) is 12.6. The Morgan fingerprint density at radius 1 is 1.03 bits per heavy atom. The van der Waals surface area contributed by atoms with Crippen molar-refractivity contribution in [3.05, 3.63) is 77.1 Å². The molecule has 1 amide bonds. The van der Waals surface area contributed by atoms with Crippen molar-refractivity contribution in [2.75, 3.05) is 5.75 Å². The Balaban J connectivity index is 1.40. The maximum atomic E-state index is 12.6. The fraction of sp³-hybridized carbons (Fsp3) is 0.280. The van der Waals surface area contributed by atoms with Gasteiger partial charge in [0.15, 0.2) is 11.0 Å². The highest BCUT2D eigenvalue weighted by atomic mass is 32.2. The summed E-state index contributed by atoms with van der Waals surface area (Å²) >= 11 is 1.40. The Hall–Kier alpha value is -3.39. The average molecular weight is 461 g/mol. The molecule has 4 rings (SSSR count). The van der Waals surface area contributed by atoms with Gasteiger partial charge in [0.2, 0.25) is 5.91 Å². The molecule has 1 N–H and O–H groups in total. The third kappa shape index (κ3) is 5.01. The summed E-state index contributed by atoms with van der Waals surface area (Å²) in [7, 11) is 0. The lowest BCUT2D eigenvalue weighted by atomic mass is 10.1. The van der Waals surface area contributed by atoms with Crippen LogP contribution < -0.4 is 5.32 Å². The first kappa shape index (κ1) is 22.8. The first-order chi connectivity index (χ1) is 16.0. The number of nitrogens with zero attached hydrogens (tertiary/aromatic N) is 5. The number of carbonyl (C=O) groups is 1. The number of amides is 1. The monoisotopic (exact) mass is 460 g/mol. The van der Waals surface area contributed by atoms with Gasteiger partial charge in [-0.3, -0.25) is 4.79 Å². The van der Waals surface area contributed by atoms with Crippen molar-refractivity contribution in [1.29, 1.82) is 0 Å². The number of aromatic nitrogens is 5. The summed E-state index contributed by atoms with van der Waals surface area (Å²) in [6, 6.07) is 18.2. The largest absolute Gasteiger partial charge is 0.351 e. The van der Waals surface area contributed by atoms with Gasteiger partial charge >= 0.3 is 0 Å². The minimum absolute atomic E-state index is 0.0472. The van der Waals surface area contributed by atoms with E-state index in [-0.39, 0.29) is 11.7 Å². The van der Waals surface area contributed by atoms with E-state index in [0.717, 1.165) is 45.7 Å². The van der Waals surface area contributed by atoms with Crippen molar-refractivity contribution >= 4 is 17.7 Å². The lowest BCUT2D eigenvalue weighted by Gasteiger charge is -2.09. The molecule has 2 aromatic carbocycles. The fourth-order valence-corrected chi connectivity index (χ4v) is 4.63. The van der Waals surface area contributed by atoms with Gasteiger partial charge < -0.3 is 9.88 Å². The minimum Gasteiger partial charge on any atom is -0.351 e. The molecule has 2 heterocycles. The van der Waals surface area contributed by atoms with E-state index in [2.05, 4.69) is 46.6 Å². The number of nitrogens with one attached hydrogen (secondary N) is 1. The number of thioether (sulfide) groups is 1. The zero-order valence-electron chi connectivity index (χ0n) is 19.4. The number of aryl methyl sites for hydroxylation is 2. The lowest BCUT2D eigenvalue weighted by molar-refractivity contribution is -0.118. The molecule has 0 spiro atoms.